The van der Waals surface area contributed by atoms with Gasteiger partial charge in [0.25, 0.3) is 0 Å². The molecule has 0 aromatic carbocycles. The lowest BCUT2D eigenvalue weighted by Crippen LogP contribution is -2.02. The van der Waals surface area contributed by atoms with Crippen molar-refractivity contribution in [3.63, 3.8) is 0 Å². The Morgan fingerprint density at radius 1 is 1.33 bits per heavy atom. The van der Waals surface area contributed by atoms with Crippen LogP contribution in [0.15, 0.2) is 11.8 Å². The summed E-state index contributed by atoms with van der Waals surface area (Å²) in [5.41, 5.74) is 0. The lowest BCUT2D eigenvalue weighted by molar-refractivity contribution is -0.137. The summed E-state index contributed by atoms with van der Waals surface area (Å²) in [5.74, 6) is 0.184. The van der Waals surface area contributed by atoms with Crippen molar-refractivity contribution in [2.75, 3.05) is 18.9 Å². The number of allylic oxidation sites excluding steroid dienone is 1. The molecule has 0 saturated carbocycles. The van der Waals surface area contributed by atoms with Crippen LogP contribution in [0.25, 0.3) is 0 Å². The molecule has 0 rings (SSSR count). The summed E-state index contributed by atoms with van der Waals surface area (Å²) in [6.45, 7) is 7.91. The third kappa shape index (κ3) is 5.95. The third-order valence-corrected chi connectivity index (χ3v) is 6.20. The van der Waals surface area contributed by atoms with Crippen LogP contribution in [0, 0.1) is 0 Å². The molecular weight excluding hydrogens is 231 g/mol. The van der Waals surface area contributed by atoms with Crippen LogP contribution in [0.1, 0.15) is 27.7 Å². The zero-order valence-electron chi connectivity index (χ0n) is 9.78. The van der Waals surface area contributed by atoms with E-state index in [1.165, 1.54) is 6.08 Å². The maximum Gasteiger partial charge on any atom is 0.334 e. The van der Waals surface area contributed by atoms with Gasteiger partial charge in [0.1, 0.15) is 12.0 Å². The van der Waals surface area contributed by atoms with E-state index in [0.29, 0.717) is 12.4 Å². The van der Waals surface area contributed by atoms with Crippen LogP contribution < -0.4 is 0 Å². The fourth-order valence-corrected chi connectivity index (χ4v) is 2.63. The van der Waals surface area contributed by atoms with Crippen LogP contribution in [0.5, 0.6) is 0 Å². The van der Waals surface area contributed by atoms with Gasteiger partial charge in [0.15, 0.2) is 0 Å². The highest BCUT2D eigenvalue weighted by Gasteiger charge is 2.14. The molecule has 0 N–H and O–H groups in total. The van der Waals surface area contributed by atoms with Gasteiger partial charge in [0.05, 0.1) is 12.7 Å². The molecule has 5 heteroatoms. The van der Waals surface area contributed by atoms with E-state index in [9.17, 15) is 4.79 Å². The van der Waals surface area contributed by atoms with Crippen molar-refractivity contribution in [2.45, 2.75) is 27.7 Å². The monoisotopic (exact) mass is 250 g/mol. The SMILES string of the molecule is CCOC(=O)/C=C(\C)OP(=S)(CC)CC. The molecule has 0 fully saturated rings. The molecule has 0 aliphatic rings. The Kier molecular flexibility index (Phi) is 6.86. The van der Waals surface area contributed by atoms with Gasteiger partial charge in [0.2, 0.25) is 0 Å². The van der Waals surface area contributed by atoms with E-state index in [1.807, 2.05) is 13.8 Å². The van der Waals surface area contributed by atoms with Crippen LogP contribution >= 0.6 is 6.26 Å². The summed E-state index contributed by atoms with van der Waals surface area (Å²) in [5, 5.41) is 0. The van der Waals surface area contributed by atoms with Gasteiger partial charge in [0, 0.05) is 12.3 Å². The van der Waals surface area contributed by atoms with E-state index < -0.39 is 6.26 Å². The first kappa shape index (κ1) is 14.7. The van der Waals surface area contributed by atoms with Crippen molar-refractivity contribution in [3.05, 3.63) is 11.8 Å². The van der Waals surface area contributed by atoms with Gasteiger partial charge in [-0.05, 0) is 13.8 Å². The van der Waals surface area contributed by atoms with Crippen LogP contribution in [-0.2, 0) is 25.9 Å². The maximum atomic E-state index is 11.1. The van der Waals surface area contributed by atoms with Crippen molar-refractivity contribution >= 4 is 24.0 Å². The Hall–Kier alpha value is -0.340. The minimum Gasteiger partial charge on any atom is -0.471 e. The summed E-state index contributed by atoms with van der Waals surface area (Å²) in [6.07, 6.45) is 1.28. The highest BCUT2D eigenvalue weighted by molar-refractivity contribution is 8.12. The summed E-state index contributed by atoms with van der Waals surface area (Å²) in [6, 6.07) is 0. The molecule has 0 aromatic heterocycles. The van der Waals surface area contributed by atoms with E-state index in [2.05, 4.69) is 0 Å². The first-order chi connectivity index (χ1) is 6.97. The van der Waals surface area contributed by atoms with Crippen LogP contribution in [0.3, 0.4) is 0 Å². The minimum atomic E-state index is -1.76. The fraction of sp³-hybridized carbons (Fsp3) is 0.700. The standard InChI is InChI=1S/C10H19O3PS/c1-5-12-10(11)8-9(4)13-14(15,6-2)7-3/h8H,5-7H2,1-4H3/b9-8+. The van der Waals surface area contributed by atoms with Gasteiger partial charge in [-0.15, -0.1) is 0 Å². The van der Waals surface area contributed by atoms with Gasteiger partial charge in [-0.2, -0.15) is 0 Å². The number of rotatable bonds is 6. The predicted molar refractivity (Wildman–Crippen MR) is 66.8 cm³/mol. The van der Waals surface area contributed by atoms with Crippen LogP contribution in [0.4, 0.5) is 0 Å². The molecular formula is C10H19O3PS. The molecule has 0 aliphatic heterocycles. The second-order valence-electron chi connectivity index (χ2n) is 3.05. The Morgan fingerprint density at radius 3 is 2.27 bits per heavy atom. The van der Waals surface area contributed by atoms with Gasteiger partial charge < -0.3 is 9.26 Å². The summed E-state index contributed by atoms with van der Waals surface area (Å²) in [4.78, 5) is 11.1. The third-order valence-electron chi connectivity index (χ3n) is 1.88. The first-order valence-electron chi connectivity index (χ1n) is 5.10. The van der Waals surface area contributed by atoms with Crippen molar-refractivity contribution < 1.29 is 14.1 Å². The highest BCUT2D eigenvalue weighted by atomic mass is 32.4. The van der Waals surface area contributed by atoms with Gasteiger partial charge in [-0.3, -0.25) is 0 Å². The van der Waals surface area contributed by atoms with E-state index in [1.54, 1.807) is 13.8 Å². The minimum absolute atomic E-state index is 0.372. The van der Waals surface area contributed by atoms with Gasteiger partial charge in [-0.25, -0.2) is 4.79 Å². The summed E-state index contributed by atoms with van der Waals surface area (Å²) in [7, 11) is 0. The molecule has 0 spiro atoms. The molecule has 88 valence electrons. The van der Waals surface area contributed by atoms with Crippen molar-refractivity contribution in [2.24, 2.45) is 0 Å². The van der Waals surface area contributed by atoms with Crippen molar-refractivity contribution in [1.82, 2.24) is 0 Å². The smallest absolute Gasteiger partial charge is 0.334 e. The summed E-state index contributed by atoms with van der Waals surface area (Å²) >= 11 is 5.39. The van der Waals surface area contributed by atoms with Gasteiger partial charge >= 0.3 is 5.97 Å². The van der Waals surface area contributed by atoms with Crippen molar-refractivity contribution in [1.29, 1.82) is 0 Å². The topological polar surface area (TPSA) is 35.5 Å². The second-order valence-corrected chi connectivity index (χ2v) is 8.12. The number of esters is 1. The normalized spacial score (nSPS) is 12.4. The molecule has 0 aliphatic carbocycles. The van der Waals surface area contributed by atoms with Gasteiger partial charge in [-0.1, -0.05) is 25.7 Å². The predicted octanol–water partition coefficient (Wildman–Crippen LogP) is 2.90. The van der Waals surface area contributed by atoms with E-state index in [-0.39, 0.29) is 5.97 Å². The lowest BCUT2D eigenvalue weighted by atomic mass is 10.5. The zero-order valence-corrected chi connectivity index (χ0v) is 11.5. The lowest BCUT2D eigenvalue weighted by Gasteiger charge is -2.20. The van der Waals surface area contributed by atoms with E-state index in [0.717, 1.165) is 12.3 Å². The first-order valence-corrected chi connectivity index (χ1v) is 8.19. The Balaban J connectivity index is 4.40. The quantitative estimate of drug-likeness (QED) is 0.314. The number of ether oxygens (including phenoxy) is 1. The Labute approximate surface area is 96.9 Å². The highest BCUT2D eigenvalue weighted by Crippen LogP contribution is 2.48. The van der Waals surface area contributed by atoms with E-state index >= 15 is 0 Å². The molecule has 0 amide bonds. The van der Waals surface area contributed by atoms with Crippen LogP contribution in [-0.4, -0.2) is 24.9 Å². The molecule has 0 radical (unpaired) electrons. The summed E-state index contributed by atoms with van der Waals surface area (Å²) < 4.78 is 10.4. The molecule has 0 bridgehead atoms. The molecule has 0 aromatic rings. The second kappa shape index (κ2) is 7.02. The largest absolute Gasteiger partial charge is 0.471 e. The van der Waals surface area contributed by atoms with E-state index in [4.69, 9.17) is 21.1 Å². The number of hydrogen-bond donors (Lipinski definition) is 0. The molecule has 0 heterocycles. The average molecular weight is 250 g/mol. The Bertz CT molecular complexity index is 278. The fourth-order valence-electron chi connectivity index (χ4n) is 0.991. The zero-order chi connectivity index (χ0) is 11.9. The average Bonchev–Trinajstić information content (AvgIpc) is 2.17. The molecule has 0 unspecified atom stereocenters. The molecule has 0 atom stereocenters. The Morgan fingerprint density at radius 2 is 1.87 bits per heavy atom. The molecule has 0 saturated heterocycles. The number of carbonyl (C=O) groups is 1. The number of carbonyl (C=O) groups excluding carboxylic acids is 1. The van der Waals surface area contributed by atoms with Crippen molar-refractivity contribution in [3.8, 4) is 0 Å². The molecule has 3 nitrogen and oxygen atoms in total. The van der Waals surface area contributed by atoms with Crippen LogP contribution in [0.2, 0.25) is 0 Å². The number of hydrogen-bond acceptors (Lipinski definition) is 4. The maximum absolute atomic E-state index is 11.1. The molecule has 15 heavy (non-hydrogen) atoms.